The van der Waals surface area contributed by atoms with Crippen molar-refractivity contribution in [1.29, 1.82) is 0 Å². The number of aryl methyl sites for hydroxylation is 2. The van der Waals surface area contributed by atoms with Crippen LogP contribution in [-0.2, 0) is 29.0 Å². The van der Waals surface area contributed by atoms with E-state index in [1.54, 1.807) is 4.90 Å². The van der Waals surface area contributed by atoms with Crippen molar-refractivity contribution in [3.8, 4) is 0 Å². The highest BCUT2D eigenvalue weighted by Gasteiger charge is 2.31. The largest absolute Gasteiger partial charge is 0.352 e. The Morgan fingerprint density at radius 2 is 1.54 bits per heavy atom. The maximum atomic E-state index is 13.7. The number of carbonyl (C=O) groups is 2. The predicted molar refractivity (Wildman–Crippen MR) is 143 cm³/mol. The summed E-state index contributed by atoms with van der Waals surface area (Å²) in [6.45, 7) is 6.44. The summed E-state index contributed by atoms with van der Waals surface area (Å²) in [5.74, 6) is -0.184. The van der Waals surface area contributed by atoms with Gasteiger partial charge in [-0.2, -0.15) is 0 Å². The molecule has 184 valence electrons. The zero-order valence-corrected chi connectivity index (χ0v) is 21.6. The van der Waals surface area contributed by atoms with Crippen molar-refractivity contribution >= 4 is 23.4 Å². The molecule has 0 saturated carbocycles. The first-order chi connectivity index (χ1) is 16.9. The third-order valence-corrected chi connectivity index (χ3v) is 6.81. The summed E-state index contributed by atoms with van der Waals surface area (Å²) in [4.78, 5) is 29.0. The molecular weight excluding hydrogens is 456 g/mol. The van der Waals surface area contributed by atoms with Gasteiger partial charge in [-0.3, -0.25) is 9.59 Å². The second-order valence-electron chi connectivity index (χ2n) is 9.06. The van der Waals surface area contributed by atoms with Gasteiger partial charge < -0.3 is 10.2 Å². The molecule has 2 amide bonds. The Bertz CT molecular complexity index is 1120. The van der Waals surface area contributed by atoms with Gasteiger partial charge in [0.15, 0.2) is 0 Å². The molecular formula is C30H35ClN2O2. The van der Waals surface area contributed by atoms with Crippen LogP contribution in [0.25, 0.3) is 0 Å². The van der Waals surface area contributed by atoms with Gasteiger partial charge in [0, 0.05) is 30.5 Å². The molecule has 0 heterocycles. The lowest BCUT2D eigenvalue weighted by molar-refractivity contribution is -0.141. The van der Waals surface area contributed by atoms with Crippen LogP contribution in [0.4, 0.5) is 0 Å². The van der Waals surface area contributed by atoms with Crippen LogP contribution in [0.2, 0.25) is 5.02 Å². The van der Waals surface area contributed by atoms with Crippen molar-refractivity contribution in [1.82, 2.24) is 10.2 Å². The molecule has 0 unspecified atom stereocenters. The number of benzene rings is 3. The van der Waals surface area contributed by atoms with Gasteiger partial charge in [-0.25, -0.2) is 0 Å². The van der Waals surface area contributed by atoms with Crippen LogP contribution in [-0.4, -0.2) is 28.8 Å². The number of hydrogen-bond acceptors (Lipinski definition) is 2. The summed E-state index contributed by atoms with van der Waals surface area (Å²) in [6, 6.07) is 24.9. The Morgan fingerprint density at radius 3 is 2.20 bits per heavy atom. The zero-order valence-electron chi connectivity index (χ0n) is 20.8. The average molecular weight is 491 g/mol. The van der Waals surface area contributed by atoms with Crippen molar-refractivity contribution in [3.05, 3.63) is 106 Å². The van der Waals surface area contributed by atoms with Gasteiger partial charge in [-0.1, -0.05) is 91.3 Å². The van der Waals surface area contributed by atoms with Crippen LogP contribution in [0, 0.1) is 6.92 Å². The number of carbonyl (C=O) groups excluding carboxylic acids is 2. The average Bonchev–Trinajstić information content (AvgIpc) is 2.87. The second-order valence-corrected chi connectivity index (χ2v) is 9.47. The highest BCUT2D eigenvalue weighted by Crippen LogP contribution is 2.21. The van der Waals surface area contributed by atoms with Gasteiger partial charge in [-0.05, 0) is 55.0 Å². The van der Waals surface area contributed by atoms with Crippen molar-refractivity contribution in [2.45, 2.75) is 65.1 Å². The fourth-order valence-electron chi connectivity index (χ4n) is 4.05. The zero-order chi connectivity index (χ0) is 25.2. The van der Waals surface area contributed by atoms with E-state index < -0.39 is 6.04 Å². The van der Waals surface area contributed by atoms with Crippen LogP contribution < -0.4 is 5.32 Å². The highest BCUT2D eigenvalue weighted by atomic mass is 35.5. The molecule has 4 nitrogen and oxygen atoms in total. The lowest BCUT2D eigenvalue weighted by Gasteiger charge is -2.33. The minimum Gasteiger partial charge on any atom is -0.352 e. The van der Waals surface area contributed by atoms with Crippen LogP contribution in [0.1, 0.15) is 48.9 Å². The van der Waals surface area contributed by atoms with Gasteiger partial charge in [0.2, 0.25) is 11.8 Å². The van der Waals surface area contributed by atoms with E-state index in [1.807, 2.05) is 99.6 Å². The van der Waals surface area contributed by atoms with Gasteiger partial charge in [0.05, 0.1) is 0 Å². The quantitative estimate of drug-likeness (QED) is 0.351. The maximum Gasteiger partial charge on any atom is 0.243 e. The molecule has 0 aliphatic rings. The molecule has 3 aromatic rings. The van der Waals surface area contributed by atoms with Gasteiger partial charge in [0.25, 0.3) is 0 Å². The first-order valence-corrected chi connectivity index (χ1v) is 12.7. The van der Waals surface area contributed by atoms with Crippen molar-refractivity contribution in [2.75, 3.05) is 0 Å². The Balaban J connectivity index is 1.93. The van der Waals surface area contributed by atoms with Crippen molar-refractivity contribution < 1.29 is 9.59 Å². The van der Waals surface area contributed by atoms with Gasteiger partial charge in [0.1, 0.15) is 6.04 Å². The lowest BCUT2D eigenvalue weighted by Crippen LogP contribution is -2.52. The molecule has 0 fully saturated rings. The molecule has 5 heteroatoms. The number of nitrogens with zero attached hydrogens (tertiary/aromatic N) is 1. The normalized spacial score (nSPS) is 12.6. The minimum absolute atomic E-state index is 0.0271. The number of halogens is 1. The Labute approximate surface area is 214 Å². The lowest BCUT2D eigenvalue weighted by atomic mass is 10.00. The topological polar surface area (TPSA) is 49.4 Å². The molecule has 1 N–H and O–H groups in total. The summed E-state index contributed by atoms with van der Waals surface area (Å²) in [7, 11) is 0. The molecule has 35 heavy (non-hydrogen) atoms. The van der Waals surface area contributed by atoms with E-state index in [2.05, 4.69) is 5.32 Å². The predicted octanol–water partition coefficient (Wildman–Crippen LogP) is 6.14. The fourth-order valence-corrected chi connectivity index (χ4v) is 4.28. The second kappa shape index (κ2) is 13.1. The van der Waals surface area contributed by atoms with E-state index in [1.165, 1.54) is 0 Å². The molecule has 0 radical (unpaired) electrons. The third kappa shape index (κ3) is 7.69. The van der Waals surface area contributed by atoms with Crippen LogP contribution in [0.3, 0.4) is 0 Å². The van der Waals surface area contributed by atoms with E-state index in [0.717, 1.165) is 28.7 Å². The van der Waals surface area contributed by atoms with E-state index in [-0.39, 0.29) is 24.3 Å². The van der Waals surface area contributed by atoms with Gasteiger partial charge >= 0.3 is 0 Å². The Kier molecular flexibility index (Phi) is 9.92. The number of nitrogens with one attached hydrogen (secondary N) is 1. The molecule has 0 aliphatic carbocycles. The third-order valence-electron chi connectivity index (χ3n) is 6.44. The number of hydrogen-bond donors (Lipinski definition) is 1. The van der Waals surface area contributed by atoms with Gasteiger partial charge in [-0.15, -0.1) is 0 Å². The Hall–Kier alpha value is -3.11. The van der Waals surface area contributed by atoms with Crippen LogP contribution in [0.15, 0.2) is 78.9 Å². The Morgan fingerprint density at radius 1 is 0.914 bits per heavy atom. The molecule has 0 aromatic heterocycles. The minimum atomic E-state index is -0.621. The summed E-state index contributed by atoms with van der Waals surface area (Å²) in [5, 5.41) is 3.77. The van der Waals surface area contributed by atoms with Crippen LogP contribution in [0.5, 0.6) is 0 Å². The first kappa shape index (κ1) is 26.5. The summed E-state index contributed by atoms with van der Waals surface area (Å²) >= 11 is 6.34. The fraction of sp³-hybridized carbons (Fsp3) is 0.333. The van der Waals surface area contributed by atoms with Crippen molar-refractivity contribution in [2.24, 2.45) is 0 Å². The molecule has 2 atom stereocenters. The number of amides is 2. The molecule has 0 spiro atoms. The highest BCUT2D eigenvalue weighted by molar-refractivity contribution is 6.31. The molecule has 3 rings (SSSR count). The maximum absolute atomic E-state index is 13.7. The first-order valence-electron chi connectivity index (χ1n) is 12.3. The standard InChI is InChI=1S/C30H35ClN2O2/c1-4-23(3)32-30(35)28(20-24-13-6-5-7-14-24)33(21-26-16-9-8-12-22(26)2)29(34)19-18-25-15-10-11-17-27(25)31/h5-17,23,28H,4,18-21H2,1-3H3,(H,32,35)/t23-,28+/m1/s1. The molecule has 0 aliphatic heterocycles. The molecule has 0 saturated heterocycles. The van der Waals surface area contributed by atoms with E-state index in [4.69, 9.17) is 11.6 Å². The van der Waals surface area contributed by atoms with E-state index >= 15 is 0 Å². The molecule has 0 bridgehead atoms. The SMILES string of the molecule is CC[C@@H](C)NC(=O)[C@H](Cc1ccccc1)N(Cc1ccccc1C)C(=O)CCc1ccccc1Cl. The summed E-state index contributed by atoms with van der Waals surface area (Å²) < 4.78 is 0. The van der Waals surface area contributed by atoms with E-state index in [0.29, 0.717) is 24.4 Å². The number of rotatable bonds is 11. The van der Waals surface area contributed by atoms with Crippen molar-refractivity contribution in [3.63, 3.8) is 0 Å². The molecule has 3 aromatic carbocycles. The smallest absolute Gasteiger partial charge is 0.243 e. The summed E-state index contributed by atoms with van der Waals surface area (Å²) in [5.41, 5.74) is 4.08. The van der Waals surface area contributed by atoms with E-state index in [9.17, 15) is 9.59 Å². The summed E-state index contributed by atoms with van der Waals surface area (Å²) in [6.07, 6.45) is 2.07. The monoisotopic (exact) mass is 490 g/mol. The van der Waals surface area contributed by atoms with Crippen LogP contribution >= 0.6 is 11.6 Å².